The molecular formula is C15H12N2O2. The number of hydrogen-bond donors (Lipinski definition) is 0. The smallest absolute Gasteiger partial charge is 0.414 e. The third kappa shape index (κ3) is 1.53. The molecule has 4 nitrogen and oxygen atoms in total. The van der Waals surface area contributed by atoms with Crippen LogP contribution < -0.4 is 4.90 Å². The van der Waals surface area contributed by atoms with Crippen molar-refractivity contribution in [2.75, 3.05) is 11.4 Å². The highest BCUT2D eigenvalue weighted by atomic mass is 16.6. The fourth-order valence-electron chi connectivity index (χ4n) is 2.85. The van der Waals surface area contributed by atoms with Crippen LogP contribution in [0.3, 0.4) is 0 Å². The van der Waals surface area contributed by atoms with E-state index >= 15 is 0 Å². The highest BCUT2D eigenvalue weighted by molar-refractivity contribution is 5.94. The van der Waals surface area contributed by atoms with E-state index in [4.69, 9.17) is 4.74 Å². The molecule has 0 bridgehead atoms. The number of cyclic esters (lactones) is 1. The number of amides is 1. The van der Waals surface area contributed by atoms with Gasteiger partial charge in [0.05, 0.1) is 5.69 Å². The van der Waals surface area contributed by atoms with Crippen molar-refractivity contribution in [1.82, 2.24) is 4.98 Å². The van der Waals surface area contributed by atoms with Crippen LogP contribution in [0.1, 0.15) is 11.1 Å². The molecule has 0 aliphatic carbocycles. The van der Waals surface area contributed by atoms with Crippen molar-refractivity contribution in [2.24, 2.45) is 0 Å². The van der Waals surface area contributed by atoms with E-state index in [9.17, 15) is 4.79 Å². The minimum atomic E-state index is -0.222. The molecule has 0 unspecified atom stereocenters. The summed E-state index contributed by atoms with van der Waals surface area (Å²) >= 11 is 0. The molecule has 1 aromatic heterocycles. The van der Waals surface area contributed by atoms with Crippen molar-refractivity contribution < 1.29 is 9.53 Å². The van der Waals surface area contributed by atoms with Gasteiger partial charge in [0.1, 0.15) is 6.61 Å². The maximum Gasteiger partial charge on any atom is 0.414 e. The number of ether oxygens (including phenoxy) is 1. The topological polar surface area (TPSA) is 42.4 Å². The molecule has 0 saturated heterocycles. The molecule has 4 heteroatoms. The number of aromatic nitrogens is 1. The first kappa shape index (κ1) is 10.6. The van der Waals surface area contributed by atoms with E-state index in [2.05, 4.69) is 17.1 Å². The number of benzene rings is 1. The zero-order valence-corrected chi connectivity index (χ0v) is 10.3. The number of carbonyl (C=O) groups is 1. The van der Waals surface area contributed by atoms with Crippen LogP contribution in [-0.4, -0.2) is 17.6 Å². The first-order chi connectivity index (χ1) is 9.33. The van der Waals surface area contributed by atoms with Crippen LogP contribution in [0.5, 0.6) is 0 Å². The maximum absolute atomic E-state index is 11.7. The van der Waals surface area contributed by atoms with Crippen molar-refractivity contribution in [1.29, 1.82) is 0 Å². The highest BCUT2D eigenvalue weighted by Gasteiger charge is 2.32. The van der Waals surface area contributed by atoms with Gasteiger partial charge in [-0.25, -0.2) is 4.79 Å². The predicted octanol–water partition coefficient (Wildman–Crippen LogP) is 2.76. The Kier molecular flexibility index (Phi) is 2.12. The molecular weight excluding hydrogens is 240 g/mol. The molecule has 0 atom stereocenters. The summed E-state index contributed by atoms with van der Waals surface area (Å²) in [6.07, 6.45) is 4.30. The van der Waals surface area contributed by atoms with Gasteiger partial charge in [0.25, 0.3) is 0 Å². The van der Waals surface area contributed by atoms with Crippen molar-refractivity contribution in [2.45, 2.75) is 13.0 Å². The third-order valence-corrected chi connectivity index (χ3v) is 3.71. The molecule has 4 rings (SSSR count). The average Bonchev–Trinajstić information content (AvgIpc) is 2.89. The quantitative estimate of drug-likeness (QED) is 0.783. The van der Waals surface area contributed by atoms with Gasteiger partial charge in [-0.2, -0.15) is 0 Å². The summed E-state index contributed by atoms with van der Waals surface area (Å²) in [7, 11) is 0. The Balaban J connectivity index is 1.89. The van der Waals surface area contributed by atoms with Gasteiger partial charge < -0.3 is 4.74 Å². The molecule has 0 N–H and O–H groups in total. The van der Waals surface area contributed by atoms with E-state index in [1.165, 1.54) is 5.56 Å². The second-order valence-corrected chi connectivity index (χ2v) is 4.84. The summed E-state index contributed by atoms with van der Waals surface area (Å²) in [5.74, 6) is 0. The lowest BCUT2D eigenvalue weighted by atomic mass is 9.98. The lowest BCUT2D eigenvalue weighted by Gasteiger charge is -2.25. The van der Waals surface area contributed by atoms with E-state index in [1.807, 2.05) is 18.3 Å². The standard InChI is InChI=1S/C15H12N2O2/c18-15-17-5-3-10-6-12(11-2-1-4-16-8-11)7-13(9-19-15)14(10)17/h1-2,4,6-8H,3,5,9H2. The number of pyridine rings is 1. The Hall–Kier alpha value is -2.36. The van der Waals surface area contributed by atoms with Crippen LogP contribution in [0.15, 0.2) is 36.7 Å². The van der Waals surface area contributed by atoms with Crippen LogP contribution in [-0.2, 0) is 17.8 Å². The Morgan fingerprint density at radius 2 is 2.11 bits per heavy atom. The molecule has 0 radical (unpaired) electrons. The second-order valence-electron chi connectivity index (χ2n) is 4.84. The second kappa shape index (κ2) is 3.82. The summed E-state index contributed by atoms with van der Waals surface area (Å²) in [5.41, 5.74) is 5.61. The fraction of sp³-hybridized carbons (Fsp3) is 0.200. The van der Waals surface area contributed by atoms with E-state index in [0.29, 0.717) is 6.61 Å². The summed E-state index contributed by atoms with van der Waals surface area (Å²) in [6.45, 7) is 1.09. The van der Waals surface area contributed by atoms with E-state index in [0.717, 1.165) is 35.3 Å². The van der Waals surface area contributed by atoms with Crippen molar-refractivity contribution in [3.63, 3.8) is 0 Å². The van der Waals surface area contributed by atoms with Crippen LogP contribution in [0.25, 0.3) is 11.1 Å². The van der Waals surface area contributed by atoms with Gasteiger partial charge in [-0.05, 0) is 35.7 Å². The van der Waals surface area contributed by atoms with Crippen LogP contribution in [0.4, 0.5) is 10.5 Å². The molecule has 1 aromatic carbocycles. The molecule has 0 saturated carbocycles. The van der Waals surface area contributed by atoms with Gasteiger partial charge in [0.15, 0.2) is 0 Å². The highest BCUT2D eigenvalue weighted by Crippen LogP contribution is 2.39. The van der Waals surface area contributed by atoms with Crippen LogP contribution in [0, 0.1) is 0 Å². The molecule has 0 spiro atoms. The summed E-state index contributed by atoms with van der Waals surface area (Å²) < 4.78 is 5.20. The third-order valence-electron chi connectivity index (χ3n) is 3.71. The van der Waals surface area contributed by atoms with Crippen LogP contribution >= 0.6 is 0 Å². The predicted molar refractivity (Wildman–Crippen MR) is 70.9 cm³/mol. The SMILES string of the molecule is O=C1OCc2cc(-c3cccnc3)cc3c2N1CC3. The lowest BCUT2D eigenvalue weighted by molar-refractivity contribution is 0.143. The molecule has 3 heterocycles. The number of carbonyl (C=O) groups excluding carboxylic acids is 1. The largest absolute Gasteiger partial charge is 0.444 e. The minimum absolute atomic E-state index is 0.222. The van der Waals surface area contributed by atoms with E-state index in [1.54, 1.807) is 11.1 Å². The van der Waals surface area contributed by atoms with Gasteiger partial charge in [-0.3, -0.25) is 9.88 Å². The summed E-state index contributed by atoms with van der Waals surface area (Å²) in [4.78, 5) is 17.6. The molecule has 0 fully saturated rings. The Morgan fingerprint density at radius 3 is 2.95 bits per heavy atom. The van der Waals surface area contributed by atoms with Gasteiger partial charge in [-0.1, -0.05) is 6.07 Å². The zero-order chi connectivity index (χ0) is 12.8. The molecule has 19 heavy (non-hydrogen) atoms. The number of hydrogen-bond acceptors (Lipinski definition) is 3. The van der Waals surface area contributed by atoms with Crippen molar-refractivity contribution >= 4 is 11.8 Å². The van der Waals surface area contributed by atoms with Gasteiger partial charge in [-0.15, -0.1) is 0 Å². The number of rotatable bonds is 1. The first-order valence-electron chi connectivity index (χ1n) is 6.33. The molecule has 94 valence electrons. The van der Waals surface area contributed by atoms with E-state index < -0.39 is 0 Å². The molecule has 1 amide bonds. The number of anilines is 1. The number of nitrogens with zero attached hydrogens (tertiary/aromatic N) is 2. The maximum atomic E-state index is 11.7. The van der Waals surface area contributed by atoms with Gasteiger partial charge >= 0.3 is 6.09 Å². The van der Waals surface area contributed by atoms with E-state index in [-0.39, 0.29) is 6.09 Å². The Morgan fingerprint density at radius 1 is 1.21 bits per heavy atom. The summed E-state index contributed by atoms with van der Waals surface area (Å²) in [5, 5.41) is 0. The Bertz CT molecular complexity index is 667. The summed E-state index contributed by atoms with van der Waals surface area (Å²) in [6, 6.07) is 8.23. The molecule has 2 aromatic rings. The first-order valence-corrected chi connectivity index (χ1v) is 6.33. The fourth-order valence-corrected chi connectivity index (χ4v) is 2.85. The Labute approximate surface area is 110 Å². The van der Waals surface area contributed by atoms with Crippen molar-refractivity contribution in [3.05, 3.63) is 47.8 Å². The van der Waals surface area contributed by atoms with Crippen LogP contribution in [0.2, 0.25) is 0 Å². The molecule has 2 aliphatic rings. The average molecular weight is 252 g/mol. The monoisotopic (exact) mass is 252 g/mol. The zero-order valence-electron chi connectivity index (χ0n) is 10.3. The van der Waals surface area contributed by atoms with Gasteiger partial charge in [0, 0.05) is 30.1 Å². The normalized spacial score (nSPS) is 16.2. The minimum Gasteiger partial charge on any atom is -0.444 e. The molecule has 2 aliphatic heterocycles. The van der Waals surface area contributed by atoms with Crippen molar-refractivity contribution in [3.8, 4) is 11.1 Å². The van der Waals surface area contributed by atoms with Gasteiger partial charge in [0.2, 0.25) is 0 Å². The lowest BCUT2D eigenvalue weighted by Crippen LogP contribution is -2.33.